The van der Waals surface area contributed by atoms with Crippen molar-refractivity contribution in [1.82, 2.24) is 10.2 Å². The number of benzene rings is 1. The van der Waals surface area contributed by atoms with Crippen molar-refractivity contribution in [2.24, 2.45) is 17.8 Å². The van der Waals surface area contributed by atoms with Gasteiger partial charge in [0.2, 0.25) is 17.7 Å². The average molecular weight is 458 g/mol. The number of aliphatic hydroxyl groups excluding tert-OH is 1. The maximum atomic E-state index is 13.9. The second-order valence-electron chi connectivity index (χ2n) is 10.1. The van der Waals surface area contributed by atoms with Gasteiger partial charge in [0.1, 0.15) is 11.6 Å². The maximum absolute atomic E-state index is 13.9. The number of hydrogen-bond acceptors (Lipinski definition) is 5. The van der Waals surface area contributed by atoms with Crippen LogP contribution in [0.5, 0.6) is 0 Å². The lowest BCUT2D eigenvalue weighted by Gasteiger charge is -2.37. The summed E-state index contributed by atoms with van der Waals surface area (Å²) in [5.41, 5.74) is 1.50. The number of nitrogens with one attached hydrogen (secondary N) is 2. The molecule has 0 saturated carbocycles. The van der Waals surface area contributed by atoms with Gasteiger partial charge in [-0.15, -0.1) is 0 Å². The van der Waals surface area contributed by atoms with Crippen LogP contribution in [0, 0.1) is 31.6 Å². The van der Waals surface area contributed by atoms with E-state index in [-0.39, 0.29) is 36.4 Å². The number of likely N-dealkylation sites (tertiary alicyclic amines) is 1. The molecule has 3 amide bonds. The van der Waals surface area contributed by atoms with Gasteiger partial charge in [0.15, 0.2) is 0 Å². The Bertz CT molecular complexity index is 943. The van der Waals surface area contributed by atoms with Crippen LogP contribution >= 0.6 is 0 Å². The Labute approximate surface area is 195 Å². The van der Waals surface area contributed by atoms with Gasteiger partial charge in [0, 0.05) is 12.7 Å². The molecule has 1 aromatic carbocycles. The van der Waals surface area contributed by atoms with Crippen LogP contribution in [0.4, 0.5) is 5.69 Å². The van der Waals surface area contributed by atoms with Gasteiger partial charge < -0.3 is 25.4 Å². The number of anilines is 1. The summed E-state index contributed by atoms with van der Waals surface area (Å²) in [4.78, 5) is 42.0. The molecule has 4 rings (SSSR count). The third-order valence-corrected chi connectivity index (χ3v) is 7.61. The normalized spacial score (nSPS) is 31.1. The van der Waals surface area contributed by atoms with Crippen LogP contribution in [-0.2, 0) is 19.1 Å². The molecule has 3 saturated heterocycles. The van der Waals surface area contributed by atoms with Crippen molar-refractivity contribution in [2.75, 3.05) is 19.0 Å². The summed E-state index contributed by atoms with van der Waals surface area (Å²) in [5, 5.41) is 16.0. The van der Waals surface area contributed by atoms with Crippen LogP contribution in [0.15, 0.2) is 18.2 Å². The topological polar surface area (TPSA) is 108 Å². The molecule has 3 aliphatic heterocycles. The monoisotopic (exact) mass is 457 g/mol. The van der Waals surface area contributed by atoms with Gasteiger partial charge in [0.05, 0.1) is 30.6 Å². The molecule has 6 atom stereocenters. The second-order valence-corrected chi connectivity index (χ2v) is 10.1. The summed E-state index contributed by atoms with van der Waals surface area (Å²) in [7, 11) is 1.55. The predicted molar refractivity (Wildman–Crippen MR) is 123 cm³/mol. The fourth-order valence-corrected chi connectivity index (χ4v) is 6.27. The smallest absolute Gasteiger partial charge is 0.250 e. The Morgan fingerprint density at radius 3 is 2.48 bits per heavy atom. The van der Waals surface area contributed by atoms with Crippen molar-refractivity contribution >= 4 is 23.4 Å². The van der Waals surface area contributed by atoms with Crippen LogP contribution in [0.25, 0.3) is 0 Å². The van der Waals surface area contributed by atoms with E-state index in [0.29, 0.717) is 19.3 Å². The summed E-state index contributed by atoms with van der Waals surface area (Å²) in [6.45, 7) is 7.63. The highest BCUT2D eigenvalue weighted by Gasteiger charge is 2.75. The first kappa shape index (κ1) is 23.7. The molecule has 0 aromatic heterocycles. The van der Waals surface area contributed by atoms with E-state index < -0.39 is 29.5 Å². The molecule has 0 radical (unpaired) electrons. The van der Waals surface area contributed by atoms with Crippen molar-refractivity contribution in [3.63, 3.8) is 0 Å². The summed E-state index contributed by atoms with van der Waals surface area (Å²) in [6, 6.07) is 4.34. The fourth-order valence-electron chi connectivity index (χ4n) is 6.27. The molecule has 0 aliphatic carbocycles. The van der Waals surface area contributed by atoms with Gasteiger partial charge in [-0.25, -0.2) is 0 Å². The number of carbonyl (C=O) groups excluding carboxylic acids is 3. The van der Waals surface area contributed by atoms with Crippen molar-refractivity contribution in [2.45, 2.75) is 70.7 Å². The molecule has 180 valence electrons. The zero-order valence-electron chi connectivity index (χ0n) is 20.1. The quantitative estimate of drug-likeness (QED) is 0.578. The number of rotatable bonds is 7. The Balaban J connectivity index is 1.78. The van der Waals surface area contributed by atoms with E-state index in [4.69, 9.17) is 4.74 Å². The van der Waals surface area contributed by atoms with E-state index in [0.717, 1.165) is 16.8 Å². The number of fused-ring (bicyclic) bond motifs is 1. The van der Waals surface area contributed by atoms with Crippen molar-refractivity contribution in [1.29, 1.82) is 0 Å². The maximum Gasteiger partial charge on any atom is 0.250 e. The summed E-state index contributed by atoms with van der Waals surface area (Å²) >= 11 is 0. The molecule has 2 bridgehead atoms. The number of carbonyl (C=O) groups is 3. The van der Waals surface area contributed by atoms with E-state index in [9.17, 15) is 19.5 Å². The largest absolute Gasteiger partial charge is 0.394 e. The standard InChI is InChI=1S/C25H35N3O5/c1-13(2)11-16(12-29)28-21(23(31)27-20-14(3)7-6-8-15(20)4)25-10-9-17(33-25)18(22(30)26-5)19(25)24(28)32/h6-8,13,16-19,21,29H,9-12H2,1-5H3,(H,26,30)(H,27,31)/t16-,17-,18+,19+,21?,25?/m1/s1. The highest BCUT2D eigenvalue weighted by atomic mass is 16.5. The lowest BCUT2D eigenvalue weighted by molar-refractivity contribution is -0.144. The van der Waals surface area contributed by atoms with Gasteiger partial charge in [-0.05, 0) is 50.2 Å². The summed E-state index contributed by atoms with van der Waals surface area (Å²) in [5.74, 6) is -1.99. The Kier molecular flexibility index (Phi) is 6.26. The van der Waals surface area contributed by atoms with Crippen LogP contribution in [0.1, 0.15) is 44.2 Å². The van der Waals surface area contributed by atoms with E-state index in [1.54, 1.807) is 7.05 Å². The molecule has 1 aromatic rings. The van der Waals surface area contributed by atoms with E-state index in [1.165, 1.54) is 4.90 Å². The average Bonchev–Trinajstić information content (AvgIpc) is 3.41. The van der Waals surface area contributed by atoms with Gasteiger partial charge in [-0.2, -0.15) is 0 Å². The zero-order valence-corrected chi connectivity index (χ0v) is 20.1. The van der Waals surface area contributed by atoms with E-state index >= 15 is 0 Å². The third-order valence-electron chi connectivity index (χ3n) is 7.61. The Morgan fingerprint density at radius 1 is 1.24 bits per heavy atom. The molecule has 33 heavy (non-hydrogen) atoms. The van der Waals surface area contributed by atoms with Gasteiger partial charge in [-0.1, -0.05) is 32.0 Å². The lowest BCUT2D eigenvalue weighted by atomic mass is 9.70. The van der Waals surface area contributed by atoms with E-state index in [1.807, 2.05) is 45.9 Å². The molecule has 8 nitrogen and oxygen atoms in total. The number of amides is 3. The Morgan fingerprint density at radius 2 is 1.91 bits per heavy atom. The molecular formula is C25H35N3O5. The number of para-hydroxylation sites is 1. The highest BCUT2D eigenvalue weighted by Crippen LogP contribution is 2.59. The van der Waals surface area contributed by atoms with Gasteiger partial charge >= 0.3 is 0 Å². The van der Waals surface area contributed by atoms with Crippen molar-refractivity contribution in [3.8, 4) is 0 Å². The van der Waals surface area contributed by atoms with Crippen LogP contribution in [0.3, 0.4) is 0 Å². The molecule has 1 spiro atoms. The molecule has 2 unspecified atom stereocenters. The fraction of sp³-hybridized carbons (Fsp3) is 0.640. The minimum absolute atomic E-state index is 0.210. The van der Waals surface area contributed by atoms with E-state index in [2.05, 4.69) is 10.6 Å². The second kappa shape index (κ2) is 8.72. The SMILES string of the molecule is CNC(=O)[C@@H]1[C@H]2C(=O)N([C@@H](CO)CC(C)C)C(C(=O)Nc3c(C)cccc3C)C23CC[C@H]1O3. The predicted octanol–water partition coefficient (Wildman–Crippen LogP) is 1.77. The first-order valence-corrected chi connectivity index (χ1v) is 11.9. The first-order valence-electron chi connectivity index (χ1n) is 11.9. The number of ether oxygens (including phenoxy) is 1. The first-order chi connectivity index (χ1) is 15.7. The molecule has 3 N–H and O–H groups in total. The highest BCUT2D eigenvalue weighted by molar-refractivity contribution is 6.04. The molecular weight excluding hydrogens is 422 g/mol. The molecule has 8 heteroatoms. The number of nitrogens with zero attached hydrogens (tertiary/aromatic N) is 1. The summed E-state index contributed by atoms with van der Waals surface area (Å²) < 4.78 is 6.39. The molecule has 3 heterocycles. The number of hydrogen-bond donors (Lipinski definition) is 3. The zero-order chi connectivity index (χ0) is 24.1. The van der Waals surface area contributed by atoms with Gasteiger partial charge in [-0.3, -0.25) is 14.4 Å². The minimum atomic E-state index is -1.07. The van der Waals surface area contributed by atoms with Crippen molar-refractivity contribution in [3.05, 3.63) is 29.3 Å². The van der Waals surface area contributed by atoms with Crippen LogP contribution < -0.4 is 10.6 Å². The minimum Gasteiger partial charge on any atom is -0.394 e. The molecule has 3 aliphatic rings. The summed E-state index contributed by atoms with van der Waals surface area (Å²) in [6.07, 6.45) is 1.32. The molecule has 3 fully saturated rings. The number of aryl methyl sites for hydroxylation is 2. The van der Waals surface area contributed by atoms with Crippen molar-refractivity contribution < 1.29 is 24.2 Å². The Hall–Kier alpha value is -2.45. The third kappa shape index (κ3) is 3.64. The van der Waals surface area contributed by atoms with Crippen LogP contribution in [-0.4, -0.2) is 65.2 Å². The number of aliphatic hydroxyl groups is 1. The lowest BCUT2D eigenvalue weighted by Crippen LogP contribution is -2.56. The van der Waals surface area contributed by atoms with Crippen LogP contribution in [0.2, 0.25) is 0 Å². The van der Waals surface area contributed by atoms with Gasteiger partial charge in [0.25, 0.3) is 0 Å².